The predicted molar refractivity (Wildman–Crippen MR) is 229 cm³/mol. The van der Waals surface area contributed by atoms with Crippen LogP contribution in [0.25, 0.3) is 0 Å². The standard InChI is InChI=1S/C21H19ClN4O3.C13H13N3O2.C7H8ClN.CH4/c1-13-11-15(5-8-18(13)22)26-21(28)25-14-3-6-16(7-4-14)29-17-9-10-24-19(12-17)20(27)23-2;1-15-13(17)12-8-11(6-7-16-12)18-10-4-2-9(14)3-5-10;1-5-4-6(9)2-3-7(5)8;/h3-12H,1-2H3,(H,23,27)(H2,25,26,28);2-8H,14H2,1H3,(H,15,17);2-4H,9H2,1H3;1H4/i2D3;1D3;;. The molecular formula is C42H44Cl2N8O5. The summed E-state index contributed by atoms with van der Waals surface area (Å²) in [6.45, 7) is -1.40. The second-order valence-electron chi connectivity index (χ2n) is 11.5. The minimum Gasteiger partial charge on any atom is -0.457 e. The number of hydrogen-bond donors (Lipinski definition) is 6. The van der Waals surface area contributed by atoms with E-state index in [-0.39, 0.29) is 18.8 Å². The van der Waals surface area contributed by atoms with Gasteiger partial charge in [-0.05, 0) is 122 Å². The fraction of sp³-hybridized carbons (Fsp3) is 0.119. The molecule has 0 saturated carbocycles. The highest BCUT2D eigenvalue weighted by molar-refractivity contribution is 6.31. The van der Waals surface area contributed by atoms with E-state index in [4.69, 9.17) is 52.4 Å². The number of rotatable bonds is 8. The third kappa shape index (κ3) is 14.4. The van der Waals surface area contributed by atoms with Crippen molar-refractivity contribution >= 4 is 63.8 Å². The molecule has 0 aliphatic carbocycles. The number of nitrogens with one attached hydrogen (secondary N) is 4. The first-order valence-corrected chi connectivity index (χ1v) is 17.1. The fourth-order valence-corrected chi connectivity index (χ4v) is 4.66. The summed E-state index contributed by atoms with van der Waals surface area (Å²) in [6.07, 6.45) is 2.70. The molecule has 2 heterocycles. The quantitative estimate of drug-likeness (QED) is 0.0811. The van der Waals surface area contributed by atoms with Crippen molar-refractivity contribution in [2.45, 2.75) is 21.3 Å². The summed E-state index contributed by atoms with van der Waals surface area (Å²) < 4.78 is 53.5. The maximum absolute atomic E-state index is 12.2. The van der Waals surface area contributed by atoms with Gasteiger partial charge in [-0.1, -0.05) is 30.6 Å². The van der Waals surface area contributed by atoms with Crippen LogP contribution in [0, 0.1) is 13.8 Å². The van der Waals surface area contributed by atoms with E-state index >= 15 is 0 Å². The molecular weight excluding hydrogens is 767 g/mol. The number of anilines is 4. The summed E-state index contributed by atoms with van der Waals surface area (Å²) in [5.41, 5.74) is 15.3. The summed E-state index contributed by atoms with van der Waals surface area (Å²) in [7, 11) is 0. The first kappa shape index (κ1) is 35.8. The van der Waals surface area contributed by atoms with Crippen molar-refractivity contribution in [1.82, 2.24) is 20.6 Å². The van der Waals surface area contributed by atoms with Crippen LogP contribution in [0.2, 0.25) is 10.0 Å². The van der Waals surface area contributed by atoms with Crippen LogP contribution < -0.4 is 42.2 Å². The Balaban J connectivity index is 0.000000290. The number of halogens is 2. The second kappa shape index (κ2) is 21.9. The third-order valence-electron chi connectivity index (χ3n) is 7.22. The number of aryl methyl sites for hydroxylation is 2. The first-order valence-electron chi connectivity index (χ1n) is 19.4. The molecule has 57 heavy (non-hydrogen) atoms. The lowest BCUT2D eigenvalue weighted by molar-refractivity contribution is 0.0950. The van der Waals surface area contributed by atoms with E-state index < -0.39 is 31.8 Å². The normalized spacial score (nSPS) is 11.8. The number of nitrogens with two attached hydrogens (primary N) is 2. The van der Waals surface area contributed by atoms with E-state index in [1.165, 1.54) is 30.6 Å². The summed E-state index contributed by atoms with van der Waals surface area (Å²) in [5, 5.41) is 10.5. The highest BCUT2D eigenvalue weighted by Gasteiger charge is 2.09. The van der Waals surface area contributed by atoms with E-state index in [0.29, 0.717) is 45.1 Å². The lowest BCUT2D eigenvalue weighted by atomic mass is 10.2. The lowest BCUT2D eigenvalue weighted by Crippen LogP contribution is -2.19. The Kier molecular flexibility index (Phi) is 13.8. The first-order chi connectivity index (χ1) is 29.1. The van der Waals surface area contributed by atoms with Gasteiger partial charge in [0.15, 0.2) is 0 Å². The van der Waals surface area contributed by atoms with Crippen molar-refractivity contribution in [3.63, 3.8) is 0 Å². The molecule has 296 valence electrons. The van der Waals surface area contributed by atoms with Gasteiger partial charge in [-0.2, -0.15) is 0 Å². The van der Waals surface area contributed by atoms with Crippen LogP contribution in [-0.4, -0.2) is 41.8 Å². The number of benzene rings is 4. The van der Waals surface area contributed by atoms with Crippen molar-refractivity contribution in [3.8, 4) is 23.0 Å². The van der Waals surface area contributed by atoms with Crippen LogP contribution >= 0.6 is 23.2 Å². The van der Waals surface area contributed by atoms with Gasteiger partial charge in [-0.3, -0.25) is 19.6 Å². The van der Waals surface area contributed by atoms with Crippen molar-refractivity contribution in [2.75, 3.05) is 36.1 Å². The monoisotopic (exact) mass is 816 g/mol. The number of nitrogens with zero attached hydrogens (tertiary/aromatic N) is 2. The molecule has 0 spiro atoms. The van der Waals surface area contributed by atoms with Gasteiger partial charge in [-0.25, -0.2) is 4.79 Å². The molecule has 0 saturated heterocycles. The molecule has 2 aromatic heterocycles. The molecule has 6 rings (SSSR count). The molecule has 0 fully saturated rings. The molecule has 0 bridgehead atoms. The van der Waals surface area contributed by atoms with Crippen molar-refractivity contribution in [3.05, 3.63) is 154 Å². The molecule has 0 unspecified atom stereocenters. The van der Waals surface area contributed by atoms with Gasteiger partial charge in [0.1, 0.15) is 34.4 Å². The molecule has 6 aromatic rings. The molecule has 0 atom stereocenters. The van der Waals surface area contributed by atoms with Crippen LogP contribution in [0.4, 0.5) is 27.5 Å². The Morgan fingerprint density at radius 2 is 1.02 bits per heavy atom. The van der Waals surface area contributed by atoms with Gasteiger partial charge >= 0.3 is 6.03 Å². The third-order valence-corrected chi connectivity index (χ3v) is 8.06. The van der Waals surface area contributed by atoms with Crippen LogP contribution in [0.15, 0.2) is 122 Å². The molecule has 0 aliphatic rings. The Morgan fingerprint density at radius 3 is 1.49 bits per heavy atom. The van der Waals surface area contributed by atoms with Crippen molar-refractivity contribution < 1.29 is 32.1 Å². The number of nitrogen functional groups attached to an aromatic ring is 2. The Hall–Kier alpha value is -6.83. The molecule has 4 aromatic carbocycles. The Labute approximate surface area is 350 Å². The van der Waals surface area contributed by atoms with Crippen molar-refractivity contribution in [2.24, 2.45) is 0 Å². The van der Waals surface area contributed by atoms with E-state index in [9.17, 15) is 14.4 Å². The zero-order chi connectivity index (χ0) is 45.6. The maximum Gasteiger partial charge on any atom is 0.323 e. The van der Waals surface area contributed by atoms with Gasteiger partial charge in [0.05, 0.1) is 0 Å². The minimum atomic E-state index is -2.61. The van der Waals surface area contributed by atoms with Gasteiger partial charge in [-0.15, -0.1) is 0 Å². The van der Waals surface area contributed by atoms with E-state index in [1.807, 2.05) is 30.5 Å². The van der Waals surface area contributed by atoms with E-state index in [2.05, 4.69) is 20.6 Å². The van der Waals surface area contributed by atoms with Gasteiger partial charge < -0.3 is 42.2 Å². The highest BCUT2D eigenvalue weighted by Crippen LogP contribution is 2.25. The molecule has 0 aliphatic heterocycles. The Bertz CT molecular complexity index is 2490. The molecule has 0 radical (unpaired) electrons. The number of aromatic nitrogens is 2. The molecule has 8 N–H and O–H groups in total. The number of ether oxygens (including phenoxy) is 2. The summed E-state index contributed by atoms with van der Waals surface area (Å²) in [5.74, 6) is 0.0163. The predicted octanol–water partition coefficient (Wildman–Crippen LogP) is 9.52. The van der Waals surface area contributed by atoms with Crippen LogP contribution in [0.5, 0.6) is 23.0 Å². The Morgan fingerprint density at radius 1 is 0.579 bits per heavy atom. The maximum atomic E-state index is 12.2. The minimum absolute atomic E-state index is 0. The summed E-state index contributed by atoms with van der Waals surface area (Å²) in [6, 6.07) is 29.2. The molecule has 13 nitrogen and oxygen atoms in total. The zero-order valence-electron chi connectivity index (χ0n) is 35.9. The molecule has 15 heteroatoms. The number of carbonyl (C=O) groups is 3. The van der Waals surface area contributed by atoms with Gasteiger partial charge in [0.25, 0.3) is 11.8 Å². The smallest absolute Gasteiger partial charge is 0.323 e. The van der Waals surface area contributed by atoms with Crippen LogP contribution in [-0.2, 0) is 0 Å². The SMILES string of the molecule is C.Cc1cc(N)ccc1Cl.[2H]C([2H])([2H])NC(=O)c1cc(Oc2ccc(N)cc2)ccn1.[2H]C([2H])([2H])NC(=O)c1cc(Oc2ccc(NC(=O)Nc3ccc(Cl)c(C)c3)cc2)ccn1. The van der Waals surface area contributed by atoms with Gasteiger partial charge in [0, 0.05) is 79.5 Å². The highest BCUT2D eigenvalue weighted by atomic mass is 35.5. The summed E-state index contributed by atoms with van der Waals surface area (Å²) >= 11 is 11.7. The number of hydrogen-bond acceptors (Lipinski definition) is 9. The van der Waals surface area contributed by atoms with Crippen LogP contribution in [0.3, 0.4) is 0 Å². The lowest BCUT2D eigenvalue weighted by Gasteiger charge is -2.10. The number of urea groups is 1. The topological polar surface area (TPSA) is 196 Å². The number of pyridine rings is 2. The zero-order valence-corrected chi connectivity index (χ0v) is 31.4. The average Bonchev–Trinajstić information content (AvgIpc) is 3.19. The fourth-order valence-electron chi connectivity index (χ4n) is 4.42. The number of amides is 4. The van der Waals surface area contributed by atoms with E-state index in [1.54, 1.807) is 84.9 Å². The molecule has 4 amide bonds. The largest absolute Gasteiger partial charge is 0.457 e. The van der Waals surface area contributed by atoms with Crippen LogP contribution in [0.1, 0.15) is 47.8 Å². The summed E-state index contributed by atoms with van der Waals surface area (Å²) in [4.78, 5) is 43.5. The van der Waals surface area contributed by atoms with Gasteiger partial charge in [0.2, 0.25) is 0 Å². The average molecular weight is 818 g/mol. The number of carbonyl (C=O) groups excluding carboxylic acids is 3. The second-order valence-corrected chi connectivity index (χ2v) is 12.3. The van der Waals surface area contributed by atoms with Crippen molar-refractivity contribution in [1.29, 1.82) is 0 Å². The van der Waals surface area contributed by atoms with E-state index in [0.717, 1.165) is 21.8 Å².